The first-order valence-corrected chi connectivity index (χ1v) is 11.9. The fraction of sp³-hybridized carbons (Fsp3) is 0.231. The van der Waals surface area contributed by atoms with Crippen LogP contribution in [0.3, 0.4) is 0 Å². The lowest BCUT2D eigenvalue weighted by molar-refractivity contribution is -0.121. The monoisotopic (exact) mass is 489 g/mol. The lowest BCUT2D eigenvalue weighted by atomic mass is 9.83. The second kappa shape index (κ2) is 9.76. The summed E-state index contributed by atoms with van der Waals surface area (Å²) < 4.78 is 1.48. The number of nitrogens with zero attached hydrogens (tertiary/aromatic N) is 2. The van der Waals surface area contributed by atoms with Gasteiger partial charge in [0.1, 0.15) is 0 Å². The molecule has 178 valence electrons. The average Bonchev–Trinajstić information content (AvgIpc) is 3.25. The maximum absolute atomic E-state index is 13.1. The average molecular weight is 490 g/mol. The predicted molar refractivity (Wildman–Crippen MR) is 135 cm³/mol. The molecule has 1 aliphatic rings. The highest BCUT2D eigenvalue weighted by molar-refractivity contribution is 6.35. The van der Waals surface area contributed by atoms with Crippen LogP contribution >= 0.6 is 11.6 Å². The van der Waals surface area contributed by atoms with Crippen LogP contribution in [-0.2, 0) is 4.79 Å². The van der Waals surface area contributed by atoms with E-state index in [1.54, 1.807) is 55.0 Å². The Labute approximate surface area is 206 Å². The Balaban J connectivity index is 1.27. The van der Waals surface area contributed by atoms with Gasteiger partial charge >= 0.3 is 0 Å². The van der Waals surface area contributed by atoms with E-state index in [1.165, 1.54) is 10.8 Å². The molecule has 2 aromatic heterocycles. The highest BCUT2D eigenvalue weighted by Crippen LogP contribution is 2.27. The normalized spacial score (nSPS) is 17.7. The van der Waals surface area contributed by atoms with E-state index in [0.717, 1.165) is 30.2 Å². The molecule has 8 nitrogen and oxygen atoms in total. The number of carbonyl (C=O) groups excluding carboxylic acids is 2. The third-order valence-corrected chi connectivity index (χ3v) is 6.76. The summed E-state index contributed by atoms with van der Waals surface area (Å²) in [6.07, 6.45) is 9.40. The topological polar surface area (TPSA) is 109 Å². The van der Waals surface area contributed by atoms with Crippen LogP contribution in [0.1, 0.15) is 36.0 Å². The van der Waals surface area contributed by atoms with Crippen molar-refractivity contribution in [3.8, 4) is 5.69 Å². The summed E-state index contributed by atoms with van der Waals surface area (Å²) in [5.41, 5.74) is 2.38. The fourth-order valence-corrected chi connectivity index (χ4v) is 4.82. The lowest BCUT2D eigenvalue weighted by Crippen LogP contribution is -2.46. The van der Waals surface area contributed by atoms with Crippen molar-refractivity contribution in [2.45, 2.75) is 31.7 Å². The maximum Gasteiger partial charge on any atom is 0.273 e. The summed E-state index contributed by atoms with van der Waals surface area (Å²) in [6.45, 7) is 0. The number of halogens is 1. The molecular weight excluding hydrogens is 466 g/mol. The third kappa shape index (κ3) is 4.83. The molecule has 0 spiro atoms. The molecule has 5 rings (SSSR count). The van der Waals surface area contributed by atoms with Crippen molar-refractivity contribution in [2.24, 2.45) is 5.92 Å². The Hall–Kier alpha value is -3.91. The van der Waals surface area contributed by atoms with Crippen LogP contribution in [0.2, 0.25) is 5.02 Å². The van der Waals surface area contributed by atoms with Gasteiger partial charge in [-0.1, -0.05) is 30.5 Å². The second-order valence-electron chi connectivity index (χ2n) is 8.69. The Morgan fingerprint density at radius 1 is 1.09 bits per heavy atom. The third-order valence-electron chi connectivity index (χ3n) is 6.45. The van der Waals surface area contributed by atoms with Gasteiger partial charge in [0.05, 0.1) is 17.1 Å². The number of hydrogen-bond donors (Lipinski definition) is 3. The number of aromatic amines is 1. The molecule has 0 aliphatic heterocycles. The number of carbonyl (C=O) groups is 2. The minimum absolute atomic E-state index is 0.129. The summed E-state index contributed by atoms with van der Waals surface area (Å²) in [7, 11) is 0. The van der Waals surface area contributed by atoms with E-state index in [1.807, 2.05) is 6.07 Å². The van der Waals surface area contributed by atoms with Gasteiger partial charge in [-0.15, -0.1) is 0 Å². The zero-order valence-corrected chi connectivity index (χ0v) is 19.6. The van der Waals surface area contributed by atoms with Crippen molar-refractivity contribution < 1.29 is 9.59 Å². The van der Waals surface area contributed by atoms with Crippen molar-refractivity contribution in [3.63, 3.8) is 0 Å². The van der Waals surface area contributed by atoms with Gasteiger partial charge in [0.2, 0.25) is 5.91 Å². The van der Waals surface area contributed by atoms with Gasteiger partial charge in [-0.25, -0.2) is 0 Å². The predicted octanol–water partition coefficient (Wildman–Crippen LogP) is 4.29. The van der Waals surface area contributed by atoms with Crippen LogP contribution in [0.25, 0.3) is 16.6 Å². The van der Waals surface area contributed by atoms with Gasteiger partial charge in [-0.05, 0) is 49.2 Å². The Bertz CT molecular complexity index is 1440. The summed E-state index contributed by atoms with van der Waals surface area (Å²) in [4.78, 5) is 44.9. The fourth-order valence-electron chi connectivity index (χ4n) is 4.60. The van der Waals surface area contributed by atoms with Crippen molar-refractivity contribution in [1.29, 1.82) is 0 Å². The molecule has 0 unspecified atom stereocenters. The van der Waals surface area contributed by atoms with Gasteiger partial charge in [0.15, 0.2) is 0 Å². The Morgan fingerprint density at radius 2 is 1.89 bits per heavy atom. The summed E-state index contributed by atoms with van der Waals surface area (Å²) in [6, 6.07) is 12.1. The quantitative estimate of drug-likeness (QED) is 0.388. The van der Waals surface area contributed by atoms with Crippen molar-refractivity contribution in [2.75, 3.05) is 5.32 Å². The molecule has 4 aromatic rings. The largest absolute Gasteiger partial charge is 0.360 e. The minimum Gasteiger partial charge on any atom is -0.360 e. The molecule has 2 heterocycles. The first-order chi connectivity index (χ1) is 17.0. The number of anilines is 1. The number of nitrogens with one attached hydrogen (secondary N) is 3. The first-order valence-electron chi connectivity index (χ1n) is 11.5. The Morgan fingerprint density at radius 3 is 2.69 bits per heavy atom. The molecule has 2 aromatic carbocycles. The van der Waals surface area contributed by atoms with Crippen molar-refractivity contribution in [3.05, 3.63) is 88.2 Å². The minimum atomic E-state index is -0.334. The molecule has 2 atom stereocenters. The SMILES string of the molecule is O=C(N[C@@H]1CCCC[C@@H]1C(=O)Nc1ccc(-n2ccncc2=O)cc1)c1ccc2c(Cl)c[nH]c2c1. The molecule has 0 saturated heterocycles. The molecule has 1 aliphatic carbocycles. The van der Waals surface area contributed by atoms with Gasteiger partial charge in [-0.3, -0.25) is 23.9 Å². The van der Waals surface area contributed by atoms with Gasteiger partial charge in [0, 0.05) is 52.5 Å². The van der Waals surface area contributed by atoms with E-state index in [4.69, 9.17) is 11.6 Å². The standard InChI is InChI=1S/C26H24ClN5O3/c27-21-14-29-23-13-16(5-10-19(21)23)25(34)31-22-4-2-1-3-20(22)26(35)30-17-6-8-18(9-7-17)32-12-11-28-15-24(32)33/h5-15,20,22,29H,1-4H2,(H,30,35)(H,31,34)/t20-,22+/m0/s1. The van der Waals surface area contributed by atoms with Crippen LogP contribution in [0.5, 0.6) is 0 Å². The van der Waals surface area contributed by atoms with E-state index in [2.05, 4.69) is 20.6 Å². The zero-order valence-electron chi connectivity index (χ0n) is 18.8. The van der Waals surface area contributed by atoms with Crippen LogP contribution in [0.4, 0.5) is 5.69 Å². The van der Waals surface area contributed by atoms with E-state index in [9.17, 15) is 14.4 Å². The van der Waals surface area contributed by atoms with Crippen LogP contribution < -0.4 is 16.2 Å². The summed E-state index contributed by atoms with van der Waals surface area (Å²) >= 11 is 6.13. The Kier molecular flexibility index (Phi) is 6.37. The molecule has 1 saturated carbocycles. The number of fused-ring (bicyclic) bond motifs is 1. The first kappa shape index (κ1) is 22.9. The highest BCUT2D eigenvalue weighted by atomic mass is 35.5. The van der Waals surface area contributed by atoms with Crippen LogP contribution in [-0.4, -0.2) is 32.4 Å². The number of aromatic nitrogens is 3. The zero-order chi connectivity index (χ0) is 24.4. The molecule has 1 fully saturated rings. The van der Waals surface area contributed by atoms with E-state index in [-0.39, 0.29) is 29.3 Å². The van der Waals surface area contributed by atoms with Gasteiger partial charge in [0.25, 0.3) is 11.5 Å². The van der Waals surface area contributed by atoms with E-state index >= 15 is 0 Å². The van der Waals surface area contributed by atoms with Gasteiger partial charge in [-0.2, -0.15) is 0 Å². The molecule has 2 amide bonds. The van der Waals surface area contributed by atoms with Crippen LogP contribution in [0, 0.1) is 5.92 Å². The smallest absolute Gasteiger partial charge is 0.273 e. The second-order valence-corrected chi connectivity index (χ2v) is 9.10. The molecule has 0 radical (unpaired) electrons. The molecule has 35 heavy (non-hydrogen) atoms. The number of rotatable bonds is 5. The van der Waals surface area contributed by atoms with E-state index < -0.39 is 0 Å². The summed E-state index contributed by atoms with van der Waals surface area (Å²) in [5.74, 6) is -0.677. The number of benzene rings is 2. The molecule has 9 heteroatoms. The maximum atomic E-state index is 13.1. The molecule has 0 bridgehead atoms. The van der Waals surface area contributed by atoms with Crippen molar-refractivity contribution in [1.82, 2.24) is 19.9 Å². The van der Waals surface area contributed by atoms with Gasteiger partial charge < -0.3 is 15.6 Å². The molecular formula is C26H24ClN5O3. The summed E-state index contributed by atoms with van der Waals surface area (Å²) in [5, 5.41) is 7.50. The van der Waals surface area contributed by atoms with Crippen molar-refractivity contribution >= 4 is 40.0 Å². The lowest BCUT2D eigenvalue weighted by Gasteiger charge is -2.31. The number of amides is 2. The highest BCUT2D eigenvalue weighted by Gasteiger charge is 2.32. The number of hydrogen-bond acceptors (Lipinski definition) is 4. The number of H-pyrrole nitrogens is 1. The molecule has 3 N–H and O–H groups in total. The van der Waals surface area contributed by atoms with E-state index in [0.29, 0.717) is 28.4 Å². The van der Waals surface area contributed by atoms with Crippen LogP contribution in [0.15, 0.2) is 72.0 Å².